The van der Waals surface area contributed by atoms with Crippen molar-refractivity contribution >= 4 is 12.4 Å². The summed E-state index contributed by atoms with van der Waals surface area (Å²) in [5.74, 6) is 0.949. The summed E-state index contributed by atoms with van der Waals surface area (Å²) in [4.78, 5) is 0. The molecule has 26 heavy (non-hydrogen) atoms. The molecule has 4 atom stereocenters. The number of halogens is 1. The Balaban J connectivity index is 0.00000243. The maximum atomic E-state index is 9.92. The van der Waals surface area contributed by atoms with E-state index < -0.39 is 0 Å². The average Bonchev–Trinajstić information content (AvgIpc) is 3.12. The van der Waals surface area contributed by atoms with Gasteiger partial charge in [0, 0.05) is 37.7 Å². The van der Waals surface area contributed by atoms with Crippen LogP contribution in [-0.2, 0) is 4.74 Å². The lowest BCUT2D eigenvalue weighted by Crippen LogP contribution is -2.51. The van der Waals surface area contributed by atoms with Crippen LogP contribution in [0.5, 0.6) is 0 Å². The van der Waals surface area contributed by atoms with Gasteiger partial charge >= 0.3 is 0 Å². The van der Waals surface area contributed by atoms with Crippen LogP contribution in [0, 0.1) is 11.3 Å². The molecule has 0 aromatic heterocycles. The van der Waals surface area contributed by atoms with Crippen LogP contribution in [0.15, 0.2) is 30.3 Å². The number of aliphatic hydroxyl groups excluding tert-OH is 1. The maximum Gasteiger partial charge on any atom is 0.0623 e. The van der Waals surface area contributed by atoms with E-state index in [9.17, 15) is 5.11 Å². The van der Waals surface area contributed by atoms with Crippen molar-refractivity contribution in [2.24, 2.45) is 11.3 Å². The molecule has 1 aromatic carbocycles. The van der Waals surface area contributed by atoms with Crippen LogP contribution in [0.2, 0.25) is 0 Å². The molecule has 2 fully saturated rings. The molecule has 1 aromatic rings. The summed E-state index contributed by atoms with van der Waals surface area (Å²) in [6.45, 7) is 8.07. The van der Waals surface area contributed by atoms with Crippen molar-refractivity contribution in [1.29, 1.82) is 0 Å². The van der Waals surface area contributed by atoms with Gasteiger partial charge in [0.15, 0.2) is 0 Å². The second kappa shape index (κ2) is 10.0. The van der Waals surface area contributed by atoms with E-state index in [1.165, 1.54) is 24.8 Å². The Hall–Kier alpha value is -0.650. The first kappa shape index (κ1) is 21.6. The highest BCUT2D eigenvalue weighted by atomic mass is 35.5. The number of rotatable bonds is 7. The quantitative estimate of drug-likeness (QED) is 0.678. The Morgan fingerprint density at radius 1 is 1.27 bits per heavy atom. The molecule has 3 rings (SSSR count). The first-order chi connectivity index (χ1) is 12.1. The second-order valence-electron chi connectivity index (χ2n) is 8.35. The molecule has 1 aliphatic carbocycles. The maximum absolute atomic E-state index is 9.92. The zero-order valence-electron chi connectivity index (χ0n) is 16.1. The van der Waals surface area contributed by atoms with Crippen molar-refractivity contribution in [2.45, 2.75) is 51.1 Å². The summed E-state index contributed by atoms with van der Waals surface area (Å²) in [6.07, 6.45) is 3.81. The Morgan fingerprint density at radius 2 is 2.04 bits per heavy atom. The zero-order valence-corrected chi connectivity index (χ0v) is 16.9. The number of benzene rings is 1. The van der Waals surface area contributed by atoms with Crippen molar-refractivity contribution in [2.75, 3.05) is 32.9 Å². The van der Waals surface area contributed by atoms with Gasteiger partial charge in [-0.05, 0) is 29.7 Å². The van der Waals surface area contributed by atoms with Gasteiger partial charge in [-0.25, -0.2) is 0 Å². The normalized spacial score (nSPS) is 27.7. The van der Waals surface area contributed by atoms with Gasteiger partial charge in [0.1, 0.15) is 0 Å². The van der Waals surface area contributed by atoms with Crippen LogP contribution in [0.4, 0.5) is 0 Å². The average molecular weight is 383 g/mol. The van der Waals surface area contributed by atoms with Crippen LogP contribution >= 0.6 is 12.4 Å². The predicted molar refractivity (Wildman–Crippen MR) is 109 cm³/mol. The molecule has 1 saturated carbocycles. The highest BCUT2D eigenvalue weighted by Crippen LogP contribution is 2.36. The molecular weight excluding hydrogens is 348 g/mol. The minimum atomic E-state index is -0.144. The molecule has 1 aliphatic heterocycles. The fourth-order valence-electron chi connectivity index (χ4n) is 4.49. The van der Waals surface area contributed by atoms with Gasteiger partial charge in [-0.3, -0.25) is 0 Å². The summed E-state index contributed by atoms with van der Waals surface area (Å²) in [5, 5.41) is 17.4. The Kier molecular flexibility index (Phi) is 8.37. The van der Waals surface area contributed by atoms with E-state index >= 15 is 0 Å². The number of nitrogens with one attached hydrogen (secondary N) is 2. The van der Waals surface area contributed by atoms with Crippen LogP contribution < -0.4 is 10.6 Å². The van der Waals surface area contributed by atoms with E-state index in [4.69, 9.17) is 4.74 Å². The standard InChI is InChI=1S/C21H34N2O2.ClH/c1-21(2,15-24)18(16-7-4-3-5-8-16)13-23-19-10-6-9-17(19)20-14-25-12-11-22-20;/h3-5,7-8,17-20,22-24H,6,9-15H2,1-2H3;1H. The third-order valence-electron chi connectivity index (χ3n) is 6.17. The lowest BCUT2D eigenvalue weighted by Gasteiger charge is -2.37. The molecule has 2 aliphatic rings. The summed E-state index contributed by atoms with van der Waals surface area (Å²) < 4.78 is 5.69. The van der Waals surface area contributed by atoms with Gasteiger partial charge in [0.2, 0.25) is 0 Å². The third-order valence-corrected chi connectivity index (χ3v) is 6.17. The largest absolute Gasteiger partial charge is 0.396 e. The first-order valence-electron chi connectivity index (χ1n) is 9.82. The summed E-state index contributed by atoms with van der Waals surface area (Å²) in [7, 11) is 0. The monoisotopic (exact) mass is 382 g/mol. The second-order valence-corrected chi connectivity index (χ2v) is 8.35. The van der Waals surface area contributed by atoms with Crippen molar-refractivity contribution in [1.82, 2.24) is 10.6 Å². The summed E-state index contributed by atoms with van der Waals surface area (Å²) >= 11 is 0. The van der Waals surface area contributed by atoms with Gasteiger partial charge in [0.05, 0.1) is 13.2 Å². The first-order valence-corrected chi connectivity index (χ1v) is 9.82. The molecule has 1 heterocycles. The Morgan fingerprint density at radius 3 is 2.69 bits per heavy atom. The smallest absolute Gasteiger partial charge is 0.0623 e. The van der Waals surface area contributed by atoms with E-state index in [2.05, 4.69) is 54.8 Å². The van der Waals surface area contributed by atoms with Crippen LogP contribution in [-0.4, -0.2) is 50.1 Å². The summed E-state index contributed by atoms with van der Waals surface area (Å²) in [5.41, 5.74) is 1.16. The molecule has 0 bridgehead atoms. The summed E-state index contributed by atoms with van der Waals surface area (Å²) in [6, 6.07) is 11.6. The lowest BCUT2D eigenvalue weighted by molar-refractivity contribution is 0.0517. The molecule has 0 amide bonds. The fraction of sp³-hybridized carbons (Fsp3) is 0.714. The van der Waals surface area contributed by atoms with Gasteiger partial charge in [-0.1, -0.05) is 50.6 Å². The van der Waals surface area contributed by atoms with E-state index in [-0.39, 0.29) is 24.4 Å². The molecular formula is C21H35ClN2O2. The number of ether oxygens (including phenoxy) is 1. The van der Waals surface area contributed by atoms with Crippen LogP contribution in [0.3, 0.4) is 0 Å². The lowest BCUT2D eigenvalue weighted by atomic mass is 9.75. The van der Waals surface area contributed by atoms with Gasteiger partial charge in [-0.2, -0.15) is 0 Å². The number of hydrogen-bond donors (Lipinski definition) is 3. The van der Waals surface area contributed by atoms with E-state index in [1.807, 2.05) is 0 Å². The predicted octanol–water partition coefficient (Wildman–Crippen LogP) is 2.96. The fourth-order valence-corrected chi connectivity index (χ4v) is 4.49. The van der Waals surface area contributed by atoms with Crippen molar-refractivity contribution < 1.29 is 9.84 Å². The molecule has 1 saturated heterocycles. The molecule has 4 nitrogen and oxygen atoms in total. The van der Waals surface area contributed by atoms with E-state index in [0.717, 1.165) is 26.3 Å². The minimum Gasteiger partial charge on any atom is -0.396 e. The Labute approximate surface area is 164 Å². The molecule has 0 radical (unpaired) electrons. The molecule has 0 spiro atoms. The third kappa shape index (κ3) is 5.20. The SMILES string of the molecule is CC(C)(CO)C(CNC1CCCC1C1COCCN1)c1ccccc1.Cl. The highest BCUT2D eigenvalue weighted by Gasteiger charge is 2.36. The van der Waals surface area contributed by atoms with Crippen LogP contribution in [0.25, 0.3) is 0 Å². The zero-order chi connectivity index (χ0) is 17.7. The number of aliphatic hydroxyl groups is 1. The molecule has 4 unspecified atom stereocenters. The number of hydrogen-bond acceptors (Lipinski definition) is 4. The van der Waals surface area contributed by atoms with Gasteiger partial charge in [0.25, 0.3) is 0 Å². The Bertz CT molecular complexity index is 520. The van der Waals surface area contributed by atoms with Crippen molar-refractivity contribution in [3.05, 3.63) is 35.9 Å². The van der Waals surface area contributed by atoms with E-state index in [0.29, 0.717) is 23.9 Å². The highest BCUT2D eigenvalue weighted by molar-refractivity contribution is 5.85. The van der Waals surface area contributed by atoms with Crippen molar-refractivity contribution in [3.63, 3.8) is 0 Å². The van der Waals surface area contributed by atoms with Gasteiger partial charge < -0.3 is 20.5 Å². The van der Waals surface area contributed by atoms with Crippen LogP contribution in [0.1, 0.15) is 44.6 Å². The van der Waals surface area contributed by atoms with Gasteiger partial charge in [-0.15, -0.1) is 12.4 Å². The van der Waals surface area contributed by atoms with E-state index in [1.54, 1.807) is 0 Å². The minimum absolute atomic E-state index is 0. The molecule has 3 N–H and O–H groups in total. The number of morpholine rings is 1. The van der Waals surface area contributed by atoms with Crippen molar-refractivity contribution in [3.8, 4) is 0 Å². The molecule has 148 valence electrons. The topological polar surface area (TPSA) is 53.5 Å². The molecule has 5 heteroatoms.